The molecular weight excluding hydrogens is 321 g/mol. The van der Waals surface area contributed by atoms with E-state index in [4.69, 9.17) is 0 Å². The van der Waals surface area contributed by atoms with E-state index in [0.717, 1.165) is 12.2 Å². The van der Waals surface area contributed by atoms with Crippen LogP contribution in [0.15, 0.2) is 18.2 Å². The molecule has 0 unspecified atom stereocenters. The van der Waals surface area contributed by atoms with Crippen molar-refractivity contribution in [2.45, 2.75) is 10.8 Å². The molecule has 1 rings (SSSR count). The van der Waals surface area contributed by atoms with Gasteiger partial charge in [-0.25, -0.2) is 4.79 Å². The Morgan fingerprint density at radius 3 is 2.88 bits per heavy atom. The molecule has 0 spiro atoms. The third-order valence-electron chi connectivity index (χ3n) is 1.99. The van der Waals surface area contributed by atoms with Gasteiger partial charge < -0.3 is 15.2 Å². The molecule has 1 aromatic rings. The number of anilines is 1. The minimum atomic E-state index is -0.538. The lowest BCUT2D eigenvalue weighted by Gasteiger charge is -2.10. The third-order valence-corrected chi connectivity index (χ3v) is 2.43. The molecule has 0 heterocycles. The molecule has 5 heteroatoms. The van der Waals surface area contributed by atoms with Gasteiger partial charge in [0.1, 0.15) is 11.3 Å². The predicted molar refractivity (Wildman–Crippen MR) is 71.4 cm³/mol. The van der Waals surface area contributed by atoms with Crippen LogP contribution in [0.2, 0.25) is 0 Å². The van der Waals surface area contributed by atoms with E-state index >= 15 is 0 Å². The van der Waals surface area contributed by atoms with Crippen LogP contribution < -0.4 is 5.32 Å². The number of rotatable bonds is 4. The maximum atomic E-state index is 11.3. The standard InChI is InChI=1S/C11H14INO3/c1-7(12)6-13-8-3-4-10(14)9(5-8)11(15)16-2/h3-5,7,13-14H,6H2,1-2H3/t7-/m0/s1. The van der Waals surface area contributed by atoms with Crippen LogP contribution >= 0.6 is 22.6 Å². The van der Waals surface area contributed by atoms with Crippen LogP contribution in [0.25, 0.3) is 0 Å². The highest BCUT2D eigenvalue weighted by atomic mass is 127. The Hall–Kier alpha value is -0.980. The number of benzene rings is 1. The highest BCUT2D eigenvalue weighted by Gasteiger charge is 2.11. The number of carbonyl (C=O) groups is 1. The predicted octanol–water partition coefficient (Wildman–Crippen LogP) is 2.41. The van der Waals surface area contributed by atoms with Gasteiger partial charge in [-0.15, -0.1) is 0 Å². The molecular formula is C11H14INO3. The van der Waals surface area contributed by atoms with Gasteiger partial charge in [0.2, 0.25) is 0 Å². The molecule has 1 aromatic carbocycles. The van der Waals surface area contributed by atoms with Crippen molar-refractivity contribution in [2.75, 3.05) is 19.0 Å². The number of hydrogen-bond donors (Lipinski definition) is 2. The summed E-state index contributed by atoms with van der Waals surface area (Å²) in [6, 6.07) is 4.79. The third kappa shape index (κ3) is 3.55. The minimum Gasteiger partial charge on any atom is -0.507 e. The van der Waals surface area contributed by atoms with Crippen molar-refractivity contribution in [1.82, 2.24) is 0 Å². The fourth-order valence-corrected chi connectivity index (χ4v) is 1.40. The van der Waals surface area contributed by atoms with Gasteiger partial charge in [0, 0.05) is 16.2 Å². The molecule has 0 radical (unpaired) electrons. The van der Waals surface area contributed by atoms with Gasteiger partial charge in [-0.05, 0) is 18.2 Å². The van der Waals surface area contributed by atoms with Gasteiger partial charge in [-0.2, -0.15) is 0 Å². The van der Waals surface area contributed by atoms with Gasteiger partial charge in [0.15, 0.2) is 0 Å². The Kier molecular flexibility index (Phi) is 4.85. The topological polar surface area (TPSA) is 58.6 Å². The summed E-state index contributed by atoms with van der Waals surface area (Å²) < 4.78 is 5.05. The monoisotopic (exact) mass is 335 g/mol. The summed E-state index contributed by atoms with van der Waals surface area (Å²) in [6.07, 6.45) is 0. The summed E-state index contributed by atoms with van der Waals surface area (Å²) in [4.78, 5) is 11.3. The largest absolute Gasteiger partial charge is 0.507 e. The fourth-order valence-electron chi connectivity index (χ4n) is 1.18. The highest BCUT2D eigenvalue weighted by molar-refractivity contribution is 14.1. The number of phenolic OH excluding ortho intramolecular Hbond substituents is 1. The zero-order valence-corrected chi connectivity index (χ0v) is 11.3. The van der Waals surface area contributed by atoms with Gasteiger partial charge in [-0.3, -0.25) is 0 Å². The molecule has 0 aliphatic carbocycles. The average Bonchev–Trinajstić information content (AvgIpc) is 2.27. The number of alkyl halides is 1. The van der Waals surface area contributed by atoms with E-state index in [-0.39, 0.29) is 11.3 Å². The maximum absolute atomic E-state index is 11.3. The number of halogens is 1. The second-order valence-corrected chi connectivity index (χ2v) is 5.51. The molecule has 0 aromatic heterocycles. The number of aromatic hydroxyl groups is 1. The number of esters is 1. The van der Waals surface area contributed by atoms with E-state index in [0.29, 0.717) is 3.92 Å². The molecule has 4 nitrogen and oxygen atoms in total. The summed E-state index contributed by atoms with van der Waals surface area (Å²) >= 11 is 2.30. The van der Waals surface area contributed by atoms with Gasteiger partial charge in [-0.1, -0.05) is 29.5 Å². The number of hydrogen-bond acceptors (Lipinski definition) is 4. The normalized spacial score (nSPS) is 11.9. The summed E-state index contributed by atoms with van der Waals surface area (Å²) in [5, 5.41) is 12.6. The number of methoxy groups -OCH3 is 1. The van der Waals surface area contributed by atoms with Crippen molar-refractivity contribution in [3.05, 3.63) is 23.8 Å². The lowest BCUT2D eigenvalue weighted by Crippen LogP contribution is -2.10. The molecule has 0 amide bonds. The van der Waals surface area contributed by atoms with Crippen LogP contribution in [0.5, 0.6) is 5.75 Å². The van der Waals surface area contributed by atoms with E-state index < -0.39 is 5.97 Å². The van der Waals surface area contributed by atoms with E-state index in [2.05, 4.69) is 39.6 Å². The first-order valence-corrected chi connectivity index (χ1v) is 6.08. The van der Waals surface area contributed by atoms with Gasteiger partial charge >= 0.3 is 5.97 Å². The Bertz CT molecular complexity index is 379. The molecule has 0 aliphatic rings. The summed E-state index contributed by atoms with van der Waals surface area (Å²) in [6.45, 7) is 2.88. The zero-order valence-electron chi connectivity index (χ0n) is 9.16. The molecule has 0 saturated heterocycles. The van der Waals surface area contributed by atoms with Crippen molar-refractivity contribution in [1.29, 1.82) is 0 Å². The first-order chi connectivity index (χ1) is 7.54. The lowest BCUT2D eigenvalue weighted by atomic mass is 10.2. The van der Waals surface area contributed by atoms with E-state index in [1.807, 2.05) is 0 Å². The van der Waals surface area contributed by atoms with Crippen molar-refractivity contribution in [2.24, 2.45) is 0 Å². The maximum Gasteiger partial charge on any atom is 0.341 e. The van der Waals surface area contributed by atoms with Crippen LogP contribution in [0.4, 0.5) is 5.69 Å². The van der Waals surface area contributed by atoms with E-state index in [9.17, 15) is 9.90 Å². The second-order valence-electron chi connectivity index (χ2n) is 3.39. The summed E-state index contributed by atoms with van der Waals surface area (Å²) in [5.41, 5.74) is 0.968. The van der Waals surface area contributed by atoms with Crippen molar-refractivity contribution < 1.29 is 14.6 Å². The first-order valence-electron chi connectivity index (χ1n) is 4.84. The van der Waals surface area contributed by atoms with E-state index in [1.54, 1.807) is 12.1 Å². The van der Waals surface area contributed by atoms with Crippen molar-refractivity contribution in [3.8, 4) is 5.75 Å². The van der Waals surface area contributed by atoms with Crippen LogP contribution in [0.3, 0.4) is 0 Å². The minimum absolute atomic E-state index is 0.0695. The Morgan fingerprint density at radius 1 is 1.62 bits per heavy atom. The fraction of sp³-hybridized carbons (Fsp3) is 0.364. The molecule has 0 aliphatic heterocycles. The van der Waals surface area contributed by atoms with Crippen LogP contribution in [-0.2, 0) is 4.74 Å². The lowest BCUT2D eigenvalue weighted by molar-refractivity contribution is 0.0597. The molecule has 0 saturated carbocycles. The Balaban J connectivity index is 2.85. The molecule has 0 fully saturated rings. The van der Waals surface area contributed by atoms with Crippen LogP contribution in [-0.4, -0.2) is 28.7 Å². The first kappa shape index (κ1) is 13.1. The number of ether oxygens (including phenoxy) is 1. The molecule has 2 N–H and O–H groups in total. The Morgan fingerprint density at radius 2 is 2.31 bits per heavy atom. The average molecular weight is 335 g/mol. The van der Waals surface area contributed by atoms with E-state index in [1.165, 1.54) is 13.2 Å². The molecule has 16 heavy (non-hydrogen) atoms. The molecule has 1 atom stereocenters. The number of nitrogens with one attached hydrogen (secondary N) is 1. The summed E-state index contributed by atoms with van der Waals surface area (Å²) in [7, 11) is 1.29. The van der Waals surface area contributed by atoms with Crippen molar-refractivity contribution >= 4 is 34.2 Å². The highest BCUT2D eigenvalue weighted by Crippen LogP contribution is 2.22. The number of carbonyl (C=O) groups excluding carboxylic acids is 1. The summed E-state index contributed by atoms with van der Waals surface area (Å²) in [5.74, 6) is -0.608. The van der Waals surface area contributed by atoms with Crippen molar-refractivity contribution in [3.63, 3.8) is 0 Å². The quantitative estimate of drug-likeness (QED) is 0.384. The molecule has 0 bridgehead atoms. The Labute approximate surface area is 108 Å². The molecule has 88 valence electrons. The SMILES string of the molecule is COC(=O)c1cc(NC[C@H](C)I)ccc1O. The van der Waals surface area contributed by atoms with Crippen LogP contribution in [0, 0.1) is 0 Å². The smallest absolute Gasteiger partial charge is 0.341 e. The van der Waals surface area contributed by atoms with Gasteiger partial charge in [0.25, 0.3) is 0 Å². The van der Waals surface area contributed by atoms with Crippen LogP contribution in [0.1, 0.15) is 17.3 Å². The zero-order chi connectivity index (χ0) is 12.1. The van der Waals surface area contributed by atoms with Gasteiger partial charge in [0.05, 0.1) is 7.11 Å². The number of phenols is 1. The second kappa shape index (κ2) is 5.93.